The van der Waals surface area contributed by atoms with Gasteiger partial charge in [-0.2, -0.15) is 20.1 Å². The van der Waals surface area contributed by atoms with Crippen LogP contribution in [-0.4, -0.2) is 31.9 Å². The molecule has 3 rings (SSSR count). The van der Waals surface area contributed by atoms with Gasteiger partial charge in [0.05, 0.1) is 31.2 Å². The molecule has 0 saturated carbocycles. The number of ether oxygens (including phenoxy) is 1. The Balaban J connectivity index is 1.94. The van der Waals surface area contributed by atoms with Crippen LogP contribution in [0.1, 0.15) is 17.4 Å². The van der Waals surface area contributed by atoms with Crippen LogP contribution in [0.4, 0.5) is 0 Å². The third kappa shape index (κ3) is 2.38. The molecule has 0 aliphatic carbocycles. The number of aryl methyl sites for hydroxylation is 1. The molecule has 1 aromatic carbocycles. The Morgan fingerprint density at radius 3 is 2.62 bits per heavy atom. The first-order chi connectivity index (χ1) is 10.2. The summed E-state index contributed by atoms with van der Waals surface area (Å²) in [6.07, 6.45) is 3.29. The summed E-state index contributed by atoms with van der Waals surface area (Å²) in [6, 6.07) is 9.22. The Morgan fingerprint density at radius 1 is 1.14 bits per heavy atom. The van der Waals surface area contributed by atoms with Crippen molar-refractivity contribution >= 4 is 0 Å². The smallest absolute Gasteiger partial charge is 0.161 e. The molecule has 2 N–H and O–H groups in total. The largest absolute Gasteiger partial charge is 0.493 e. The Hall–Kier alpha value is -2.67. The van der Waals surface area contributed by atoms with Crippen molar-refractivity contribution in [3.05, 3.63) is 54.1 Å². The highest BCUT2D eigenvalue weighted by Crippen LogP contribution is 2.26. The maximum Gasteiger partial charge on any atom is 0.161 e. The molecule has 0 aliphatic heterocycles. The summed E-state index contributed by atoms with van der Waals surface area (Å²) in [7, 11) is 3.41. The number of methoxy groups -OCH3 is 1. The minimum absolute atomic E-state index is 0.454. The van der Waals surface area contributed by atoms with E-state index >= 15 is 0 Å². The molecule has 1 atom stereocenters. The van der Waals surface area contributed by atoms with Gasteiger partial charge in [0.2, 0.25) is 0 Å². The molecule has 0 fully saturated rings. The number of aromatic nitrogens is 5. The first-order valence-corrected chi connectivity index (χ1v) is 6.50. The molecule has 0 bridgehead atoms. The van der Waals surface area contributed by atoms with E-state index in [2.05, 4.69) is 15.3 Å². The van der Waals surface area contributed by atoms with Gasteiger partial charge in [0.1, 0.15) is 11.4 Å². The fraction of sp³-hybridized carbons (Fsp3) is 0.214. The van der Waals surface area contributed by atoms with Crippen molar-refractivity contribution in [3.63, 3.8) is 0 Å². The highest BCUT2D eigenvalue weighted by Gasteiger charge is 2.21. The van der Waals surface area contributed by atoms with Gasteiger partial charge < -0.3 is 10.5 Å². The molecule has 3 aromatic rings. The van der Waals surface area contributed by atoms with Crippen molar-refractivity contribution in [2.24, 2.45) is 12.8 Å². The van der Waals surface area contributed by atoms with E-state index in [1.54, 1.807) is 29.0 Å². The fourth-order valence-electron chi connectivity index (χ4n) is 2.18. The first kappa shape index (κ1) is 13.3. The molecule has 1 unspecified atom stereocenters. The van der Waals surface area contributed by atoms with Gasteiger partial charge in [-0.15, -0.1) is 0 Å². The summed E-state index contributed by atoms with van der Waals surface area (Å²) in [5.41, 5.74) is 8.57. The second-order valence-electron chi connectivity index (χ2n) is 4.59. The lowest BCUT2D eigenvalue weighted by Crippen LogP contribution is -2.17. The molecule has 2 aromatic heterocycles. The summed E-state index contributed by atoms with van der Waals surface area (Å²) in [4.78, 5) is 1.55. The molecule has 0 spiro atoms. The molecule has 7 nitrogen and oxygen atoms in total. The maximum atomic E-state index is 6.27. The van der Waals surface area contributed by atoms with Gasteiger partial charge >= 0.3 is 0 Å². The van der Waals surface area contributed by atoms with E-state index in [1.807, 2.05) is 37.4 Å². The van der Waals surface area contributed by atoms with E-state index in [9.17, 15) is 0 Å². The topological polar surface area (TPSA) is 83.8 Å². The van der Waals surface area contributed by atoms with Crippen molar-refractivity contribution in [2.45, 2.75) is 6.04 Å². The van der Waals surface area contributed by atoms with E-state index in [0.717, 1.165) is 11.4 Å². The predicted molar refractivity (Wildman–Crippen MR) is 77.1 cm³/mol. The quantitative estimate of drug-likeness (QED) is 0.774. The molecule has 0 saturated heterocycles. The van der Waals surface area contributed by atoms with Gasteiger partial charge in [0.25, 0.3) is 0 Å². The Bertz CT molecular complexity index is 733. The van der Waals surface area contributed by atoms with Crippen LogP contribution in [0.25, 0.3) is 5.69 Å². The van der Waals surface area contributed by atoms with Crippen molar-refractivity contribution in [3.8, 4) is 11.4 Å². The highest BCUT2D eigenvalue weighted by atomic mass is 16.5. The molecule has 0 radical (unpaired) electrons. The Morgan fingerprint density at radius 2 is 1.90 bits per heavy atom. The molecule has 2 heterocycles. The van der Waals surface area contributed by atoms with E-state index in [0.29, 0.717) is 11.4 Å². The minimum atomic E-state index is -0.454. The van der Waals surface area contributed by atoms with Gasteiger partial charge in [-0.25, -0.2) is 0 Å². The SMILES string of the molecule is COc1cnn(C)c1C(N)c1cnn(-c2ccccc2)n1. The summed E-state index contributed by atoms with van der Waals surface area (Å²) in [5.74, 6) is 0.638. The number of para-hydroxylation sites is 1. The zero-order valence-corrected chi connectivity index (χ0v) is 11.8. The van der Waals surface area contributed by atoms with Crippen LogP contribution in [0.15, 0.2) is 42.7 Å². The number of nitrogens with zero attached hydrogens (tertiary/aromatic N) is 5. The highest BCUT2D eigenvalue weighted by molar-refractivity contribution is 5.33. The monoisotopic (exact) mass is 284 g/mol. The lowest BCUT2D eigenvalue weighted by Gasteiger charge is -2.11. The molecular weight excluding hydrogens is 268 g/mol. The van der Waals surface area contributed by atoms with Crippen molar-refractivity contribution in [2.75, 3.05) is 7.11 Å². The lowest BCUT2D eigenvalue weighted by atomic mass is 10.1. The van der Waals surface area contributed by atoms with Crippen molar-refractivity contribution in [1.82, 2.24) is 24.8 Å². The summed E-state index contributed by atoms with van der Waals surface area (Å²) in [5, 5.41) is 12.9. The first-order valence-electron chi connectivity index (χ1n) is 6.50. The Kier molecular flexibility index (Phi) is 3.41. The number of rotatable bonds is 4. The van der Waals surface area contributed by atoms with Crippen LogP contribution in [0.5, 0.6) is 5.75 Å². The third-order valence-electron chi connectivity index (χ3n) is 3.28. The number of benzene rings is 1. The normalized spacial score (nSPS) is 12.3. The molecule has 0 amide bonds. The molecule has 21 heavy (non-hydrogen) atoms. The summed E-state index contributed by atoms with van der Waals surface area (Å²) in [6.45, 7) is 0. The van der Waals surface area contributed by atoms with Crippen LogP contribution < -0.4 is 10.5 Å². The summed E-state index contributed by atoms with van der Waals surface area (Å²) >= 11 is 0. The molecule has 7 heteroatoms. The minimum Gasteiger partial charge on any atom is -0.493 e. The second kappa shape index (κ2) is 5.37. The number of hydrogen-bond acceptors (Lipinski definition) is 5. The van der Waals surface area contributed by atoms with Crippen molar-refractivity contribution < 1.29 is 4.74 Å². The van der Waals surface area contributed by atoms with Gasteiger partial charge in [0, 0.05) is 7.05 Å². The van der Waals surface area contributed by atoms with E-state index < -0.39 is 6.04 Å². The van der Waals surface area contributed by atoms with Gasteiger partial charge in [-0.1, -0.05) is 18.2 Å². The Labute approximate surface area is 121 Å². The molecule has 0 aliphatic rings. The van der Waals surface area contributed by atoms with Gasteiger partial charge in [0.15, 0.2) is 5.75 Å². The maximum absolute atomic E-state index is 6.27. The van der Waals surface area contributed by atoms with E-state index in [-0.39, 0.29) is 0 Å². The zero-order valence-electron chi connectivity index (χ0n) is 11.8. The van der Waals surface area contributed by atoms with Crippen LogP contribution in [0.2, 0.25) is 0 Å². The standard InChI is InChI=1S/C14H16N6O/c1-19-14(12(21-2)9-16-19)13(15)11-8-17-20(18-11)10-6-4-3-5-7-10/h3-9,13H,15H2,1-2H3. The van der Waals surface area contributed by atoms with Crippen LogP contribution in [0.3, 0.4) is 0 Å². The lowest BCUT2D eigenvalue weighted by molar-refractivity contribution is 0.405. The van der Waals surface area contributed by atoms with Crippen molar-refractivity contribution in [1.29, 1.82) is 0 Å². The van der Waals surface area contributed by atoms with Crippen LogP contribution >= 0.6 is 0 Å². The van der Waals surface area contributed by atoms with Crippen LogP contribution in [-0.2, 0) is 7.05 Å². The number of nitrogens with two attached hydrogens (primary N) is 1. The van der Waals surface area contributed by atoms with E-state index in [1.165, 1.54) is 0 Å². The molecular formula is C14H16N6O. The average molecular weight is 284 g/mol. The predicted octanol–water partition coefficient (Wildman–Crippen LogP) is 1.06. The van der Waals surface area contributed by atoms with Gasteiger partial charge in [-0.05, 0) is 12.1 Å². The van der Waals surface area contributed by atoms with Gasteiger partial charge in [-0.3, -0.25) is 4.68 Å². The fourth-order valence-corrected chi connectivity index (χ4v) is 2.18. The number of hydrogen-bond donors (Lipinski definition) is 1. The third-order valence-corrected chi connectivity index (χ3v) is 3.28. The average Bonchev–Trinajstić information content (AvgIpc) is 3.14. The molecule has 108 valence electrons. The zero-order chi connectivity index (χ0) is 14.8. The second-order valence-corrected chi connectivity index (χ2v) is 4.59. The van der Waals surface area contributed by atoms with E-state index in [4.69, 9.17) is 10.5 Å². The summed E-state index contributed by atoms with van der Waals surface area (Å²) < 4.78 is 6.97. The van der Waals surface area contributed by atoms with Crippen LogP contribution in [0, 0.1) is 0 Å².